The van der Waals surface area contributed by atoms with Crippen molar-refractivity contribution in [2.75, 3.05) is 11.9 Å². The lowest BCUT2D eigenvalue weighted by Crippen LogP contribution is -2.30. The molecule has 1 aromatic rings. The van der Waals surface area contributed by atoms with Crippen molar-refractivity contribution in [2.45, 2.75) is 26.8 Å². The van der Waals surface area contributed by atoms with Gasteiger partial charge in [0.1, 0.15) is 0 Å². The smallest absolute Gasteiger partial charge is 0.239 e. The Balaban J connectivity index is 2.30. The van der Waals surface area contributed by atoms with Gasteiger partial charge in [-0.15, -0.1) is 11.3 Å². The predicted octanol–water partition coefficient (Wildman–Crippen LogP) is 1.57. The second-order valence-corrected chi connectivity index (χ2v) is 5.49. The van der Waals surface area contributed by atoms with E-state index in [1.54, 1.807) is 13.8 Å². The highest BCUT2D eigenvalue weighted by Crippen LogP contribution is 2.33. The van der Waals surface area contributed by atoms with Crippen LogP contribution in [0.5, 0.6) is 0 Å². The third kappa shape index (κ3) is 1.95. The number of carbonyl (C=O) groups is 2. The zero-order valence-corrected chi connectivity index (χ0v) is 11.7. The number of anilines is 1. The van der Waals surface area contributed by atoms with Crippen LogP contribution in [0.2, 0.25) is 0 Å². The van der Waals surface area contributed by atoms with E-state index in [0.29, 0.717) is 5.13 Å². The largest absolute Gasteiger partial charge is 0.312 e. The van der Waals surface area contributed by atoms with Crippen LogP contribution in [0.1, 0.15) is 32.5 Å². The monoisotopic (exact) mass is 267 g/mol. The van der Waals surface area contributed by atoms with Crippen LogP contribution >= 0.6 is 11.3 Å². The van der Waals surface area contributed by atoms with Gasteiger partial charge in [-0.1, -0.05) is 13.8 Å². The van der Waals surface area contributed by atoms with E-state index in [9.17, 15) is 9.59 Å². The molecule has 1 aliphatic heterocycles. The molecule has 3 atom stereocenters. The Morgan fingerprint density at radius 1 is 1.33 bits per heavy atom. The van der Waals surface area contributed by atoms with Crippen LogP contribution in [0.4, 0.5) is 5.13 Å². The Kier molecular flexibility index (Phi) is 3.49. The second kappa shape index (κ2) is 4.78. The highest BCUT2D eigenvalue weighted by molar-refractivity contribution is 7.14. The predicted molar refractivity (Wildman–Crippen MR) is 70.4 cm³/mol. The van der Waals surface area contributed by atoms with Crippen LogP contribution in [0.25, 0.3) is 0 Å². The zero-order chi connectivity index (χ0) is 13.4. The SMILES string of the molecule is CNC(C)c1csc(N2C(=O)C(C)C(C)C2=O)n1. The van der Waals surface area contributed by atoms with Crippen molar-refractivity contribution in [1.82, 2.24) is 10.3 Å². The van der Waals surface area contributed by atoms with Gasteiger partial charge in [-0.2, -0.15) is 0 Å². The molecule has 1 aromatic heterocycles. The number of hydrogen-bond donors (Lipinski definition) is 1. The molecule has 1 aliphatic rings. The molecule has 1 fully saturated rings. The minimum absolute atomic E-state index is 0.109. The molecule has 0 spiro atoms. The average Bonchev–Trinajstić information content (AvgIpc) is 2.90. The van der Waals surface area contributed by atoms with Gasteiger partial charge in [0.25, 0.3) is 0 Å². The summed E-state index contributed by atoms with van der Waals surface area (Å²) in [6.45, 7) is 5.56. The fourth-order valence-corrected chi connectivity index (χ4v) is 2.78. The molecule has 0 aliphatic carbocycles. The summed E-state index contributed by atoms with van der Waals surface area (Å²) in [7, 11) is 1.85. The van der Waals surface area contributed by atoms with Crippen molar-refractivity contribution in [3.8, 4) is 0 Å². The van der Waals surface area contributed by atoms with Crippen LogP contribution in [0.15, 0.2) is 5.38 Å². The maximum absolute atomic E-state index is 12.0. The van der Waals surface area contributed by atoms with Gasteiger partial charge in [-0.05, 0) is 14.0 Å². The Bertz CT molecular complexity index is 465. The van der Waals surface area contributed by atoms with Gasteiger partial charge in [0.2, 0.25) is 11.8 Å². The van der Waals surface area contributed by atoms with Gasteiger partial charge in [0.05, 0.1) is 5.69 Å². The van der Waals surface area contributed by atoms with E-state index >= 15 is 0 Å². The molecule has 0 saturated carbocycles. The van der Waals surface area contributed by atoms with E-state index in [1.165, 1.54) is 16.2 Å². The summed E-state index contributed by atoms with van der Waals surface area (Å²) < 4.78 is 0. The number of thiazole rings is 1. The third-order valence-electron chi connectivity index (χ3n) is 3.55. The van der Waals surface area contributed by atoms with Gasteiger partial charge in [-0.3, -0.25) is 9.59 Å². The van der Waals surface area contributed by atoms with E-state index in [2.05, 4.69) is 10.3 Å². The van der Waals surface area contributed by atoms with Crippen molar-refractivity contribution in [1.29, 1.82) is 0 Å². The average molecular weight is 267 g/mol. The van der Waals surface area contributed by atoms with Crippen molar-refractivity contribution in [3.05, 3.63) is 11.1 Å². The highest BCUT2D eigenvalue weighted by Gasteiger charge is 2.44. The second-order valence-electron chi connectivity index (χ2n) is 4.65. The molecule has 0 aromatic carbocycles. The molecule has 3 unspecified atom stereocenters. The van der Waals surface area contributed by atoms with Crippen LogP contribution < -0.4 is 10.2 Å². The summed E-state index contributed by atoms with van der Waals surface area (Å²) in [4.78, 5) is 29.7. The van der Waals surface area contributed by atoms with E-state index in [-0.39, 0.29) is 29.7 Å². The lowest BCUT2D eigenvalue weighted by Gasteiger charge is -2.10. The molecule has 0 bridgehead atoms. The first kappa shape index (κ1) is 13.2. The van der Waals surface area contributed by atoms with Gasteiger partial charge < -0.3 is 5.32 Å². The van der Waals surface area contributed by atoms with Crippen LogP contribution in [-0.2, 0) is 9.59 Å². The summed E-state index contributed by atoms with van der Waals surface area (Å²) in [6, 6.07) is 0.109. The first-order valence-electron chi connectivity index (χ1n) is 5.97. The van der Waals surface area contributed by atoms with E-state index in [0.717, 1.165) is 5.69 Å². The van der Waals surface area contributed by atoms with Crippen LogP contribution in [0, 0.1) is 11.8 Å². The van der Waals surface area contributed by atoms with Crippen LogP contribution in [0.3, 0.4) is 0 Å². The fourth-order valence-electron chi connectivity index (χ4n) is 1.86. The summed E-state index contributed by atoms with van der Waals surface area (Å²) in [5.41, 5.74) is 0.852. The molecule has 1 saturated heterocycles. The van der Waals surface area contributed by atoms with E-state index < -0.39 is 0 Å². The summed E-state index contributed by atoms with van der Waals surface area (Å²) in [5, 5.41) is 5.45. The van der Waals surface area contributed by atoms with Gasteiger partial charge >= 0.3 is 0 Å². The topological polar surface area (TPSA) is 62.3 Å². The molecule has 2 heterocycles. The number of hydrogen-bond acceptors (Lipinski definition) is 5. The molecule has 1 N–H and O–H groups in total. The molecule has 2 amide bonds. The third-order valence-corrected chi connectivity index (χ3v) is 4.39. The minimum atomic E-state index is -0.258. The minimum Gasteiger partial charge on any atom is -0.312 e. The molecular formula is C12H17N3O2S. The van der Waals surface area contributed by atoms with Gasteiger partial charge in [0.15, 0.2) is 5.13 Å². The molecular weight excluding hydrogens is 250 g/mol. The van der Waals surface area contributed by atoms with Gasteiger partial charge in [0, 0.05) is 23.3 Å². The number of carbonyl (C=O) groups excluding carboxylic acids is 2. The molecule has 18 heavy (non-hydrogen) atoms. The molecule has 0 radical (unpaired) electrons. The molecule has 6 heteroatoms. The lowest BCUT2D eigenvalue weighted by atomic mass is 10.00. The Hall–Kier alpha value is -1.27. The normalized spacial score (nSPS) is 25.9. The Morgan fingerprint density at radius 3 is 2.39 bits per heavy atom. The van der Waals surface area contributed by atoms with Crippen molar-refractivity contribution in [2.24, 2.45) is 11.8 Å². The number of nitrogens with one attached hydrogen (secondary N) is 1. The van der Waals surface area contributed by atoms with Crippen molar-refractivity contribution in [3.63, 3.8) is 0 Å². The number of amides is 2. The highest BCUT2D eigenvalue weighted by atomic mass is 32.1. The molecule has 5 nitrogen and oxygen atoms in total. The Labute approximate surface area is 110 Å². The first-order chi connectivity index (χ1) is 8.47. The zero-order valence-electron chi connectivity index (χ0n) is 10.9. The maximum atomic E-state index is 12.0. The number of aromatic nitrogens is 1. The fraction of sp³-hybridized carbons (Fsp3) is 0.583. The summed E-state index contributed by atoms with van der Waals surface area (Å²) in [6.07, 6.45) is 0. The quantitative estimate of drug-likeness (QED) is 0.844. The standard InChI is InChI=1S/C12H17N3O2S/c1-6-7(2)11(17)15(10(6)16)12-14-9(5-18-12)8(3)13-4/h5-8,13H,1-4H3. The Morgan fingerprint density at radius 2 is 1.89 bits per heavy atom. The van der Waals surface area contributed by atoms with Gasteiger partial charge in [-0.25, -0.2) is 9.88 Å². The lowest BCUT2D eigenvalue weighted by molar-refractivity contribution is -0.122. The van der Waals surface area contributed by atoms with E-state index in [1.807, 2.05) is 19.4 Å². The number of imide groups is 1. The van der Waals surface area contributed by atoms with Crippen molar-refractivity contribution >= 4 is 28.3 Å². The summed E-state index contributed by atoms with van der Waals surface area (Å²) >= 11 is 1.34. The van der Waals surface area contributed by atoms with Crippen molar-refractivity contribution < 1.29 is 9.59 Å². The van der Waals surface area contributed by atoms with Crippen LogP contribution in [-0.4, -0.2) is 23.8 Å². The first-order valence-corrected chi connectivity index (χ1v) is 6.85. The van der Waals surface area contributed by atoms with E-state index in [4.69, 9.17) is 0 Å². The summed E-state index contributed by atoms with van der Waals surface area (Å²) in [5.74, 6) is -0.811. The maximum Gasteiger partial charge on any atom is 0.239 e. The molecule has 2 rings (SSSR count). The number of rotatable bonds is 3. The molecule has 98 valence electrons. The number of nitrogens with zero attached hydrogens (tertiary/aromatic N) is 2.